The molecule has 0 spiro atoms. The van der Waals surface area contributed by atoms with E-state index in [2.05, 4.69) is 21.3 Å². The number of carbonyl (C=O) groups excluding carboxylic acids is 13. The fraction of sp³-hybridized carbons (Fsp3) is 0.159. The first kappa shape index (κ1) is 101. The maximum atomic E-state index is 13.0. The molecule has 12 amide bonds. The van der Waals surface area contributed by atoms with Crippen LogP contribution in [0.15, 0.2) is 284 Å². The molecule has 20 N–H and O–H groups in total. The number of ketones is 1. The summed E-state index contributed by atoms with van der Waals surface area (Å²) in [6.07, 6.45) is 1.23. The zero-order chi connectivity index (χ0) is 106. The first-order chi connectivity index (χ1) is 71.4. The van der Waals surface area contributed by atoms with E-state index in [0.29, 0.717) is 159 Å². The first-order valence-electron chi connectivity index (χ1n) is 47.1. The highest BCUT2D eigenvalue weighted by atomic mass is 16.4. The molecule has 0 saturated carbocycles. The molecule has 0 aromatic heterocycles. The number of nitrogens with one attached hydrogen (secondary N) is 4. The molecule has 750 valence electrons. The molecule has 36 nitrogen and oxygen atoms in total. The number of carbonyl (C=O) groups is 17. The summed E-state index contributed by atoms with van der Waals surface area (Å²) in [4.78, 5) is 219. The van der Waals surface area contributed by atoms with Gasteiger partial charge >= 0.3 is 23.9 Å². The number of amides is 12. The average Bonchev–Trinajstić information content (AvgIpc) is 1.40. The Kier molecular flexibility index (Phi) is 28.9. The van der Waals surface area contributed by atoms with Crippen LogP contribution in [0.5, 0.6) is 0 Å². The molecule has 4 aliphatic heterocycles. The summed E-state index contributed by atoms with van der Waals surface area (Å²) < 4.78 is 0. The number of Topliss-reactive ketones (excluding diaryl/α,β-unsaturated/α-hetero) is 1. The third-order valence-corrected chi connectivity index (χ3v) is 26.9. The smallest absolute Gasteiger partial charge is 0.326 e. The van der Waals surface area contributed by atoms with E-state index in [-0.39, 0.29) is 112 Å². The Labute approximate surface area is 848 Å². The van der Waals surface area contributed by atoms with Crippen molar-refractivity contribution in [1.82, 2.24) is 21.3 Å². The Morgan fingerprint density at radius 2 is 0.564 bits per heavy atom. The van der Waals surface area contributed by atoms with Crippen molar-refractivity contribution in [3.05, 3.63) is 395 Å². The quantitative estimate of drug-likeness (QED) is 0.0144. The molecule has 5 unspecified atom stereocenters. The van der Waals surface area contributed by atoms with Crippen LogP contribution in [-0.4, -0.2) is 162 Å². The number of anilines is 8. The van der Waals surface area contributed by atoms with Crippen LogP contribution in [-0.2, 0) is 135 Å². The Balaban J connectivity index is 0.000000135. The van der Waals surface area contributed by atoms with Crippen LogP contribution in [0.25, 0.3) is 17.0 Å². The summed E-state index contributed by atoms with van der Waals surface area (Å²) in [7, 11) is 0. The van der Waals surface area contributed by atoms with E-state index in [1.54, 1.807) is 218 Å². The third-order valence-electron chi connectivity index (χ3n) is 26.9. The summed E-state index contributed by atoms with van der Waals surface area (Å²) in [5.41, 5.74) is 46.4. The summed E-state index contributed by atoms with van der Waals surface area (Å²) in [6, 6.07) is 68.7. The zero-order valence-corrected chi connectivity index (χ0v) is 79.3. The number of aliphatic hydroxyl groups excluding tert-OH is 2. The minimum atomic E-state index is -1.26. The van der Waals surface area contributed by atoms with Gasteiger partial charge in [-0.05, 0) is 181 Å². The minimum absolute atomic E-state index is 0.00272. The normalized spacial score (nSPS) is 15.8. The number of aliphatic carboxylic acids is 4. The van der Waals surface area contributed by atoms with Crippen LogP contribution >= 0.6 is 0 Å². The molecule has 20 rings (SSSR count). The van der Waals surface area contributed by atoms with Crippen molar-refractivity contribution in [2.24, 2.45) is 11.7 Å². The number of carboxylic acid groups (broad SMARTS) is 4. The summed E-state index contributed by atoms with van der Waals surface area (Å²) in [6.45, 7) is -0.329. The molecule has 12 aromatic rings. The lowest BCUT2D eigenvalue weighted by Gasteiger charge is -2.27. The fourth-order valence-corrected chi connectivity index (χ4v) is 19.2. The highest BCUT2D eigenvalue weighted by molar-refractivity contribution is 6.28. The molecular formula is C113H95N13O23. The average molecular weight is 2000 g/mol. The lowest BCUT2D eigenvalue weighted by Crippen LogP contribution is -2.46. The Hall–Kier alpha value is -19.4. The van der Waals surface area contributed by atoms with Gasteiger partial charge < -0.3 is 80.6 Å². The van der Waals surface area contributed by atoms with Crippen LogP contribution in [0.1, 0.15) is 135 Å². The Bertz CT molecular complexity index is 7540. The van der Waals surface area contributed by atoms with E-state index >= 15 is 0 Å². The van der Waals surface area contributed by atoms with Crippen LogP contribution in [0.3, 0.4) is 0 Å². The van der Waals surface area contributed by atoms with Crippen molar-refractivity contribution in [2.45, 2.75) is 101 Å². The lowest BCUT2D eigenvalue weighted by molar-refractivity contribution is -0.142. The number of nitrogen functional groups attached to an aromatic ring is 4. The molecule has 4 aliphatic carbocycles. The molecule has 8 aliphatic rings. The van der Waals surface area contributed by atoms with Crippen LogP contribution in [0.2, 0.25) is 0 Å². The van der Waals surface area contributed by atoms with Gasteiger partial charge in [-0.15, -0.1) is 0 Å². The van der Waals surface area contributed by atoms with Gasteiger partial charge in [0.25, 0.3) is 29.5 Å². The number of carboxylic acids is 4. The summed E-state index contributed by atoms with van der Waals surface area (Å²) in [5.74, 6) is -12.1. The van der Waals surface area contributed by atoms with Crippen molar-refractivity contribution >= 4 is 163 Å². The summed E-state index contributed by atoms with van der Waals surface area (Å²) >= 11 is 0. The zero-order valence-electron chi connectivity index (χ0n) is 79.3. The molecule has 0 bridgehead atoms. The molecule has 12 aromatic carbocycles. The van der Waals surface area contributed by atoms with Crippen LogP contribution < -0.4 is 69.5 Å². The van der Waals surface area contributed by atoms with Gasteiger partial charge in [-0.1, -0.05) is 170 Å². The van der Waals surface area contributed by atoms with Crippen LogP contribution in [0.4, 0.5) is 45.5 Å². The van der Waals surface area contributed by atoms with Gasteiger partial charge in [-0.2, -0.15) is 0 Å². The second kappa shape index (κ2) is 42.6. The minimum Gasteiger partial charge on any atom is -0.507 e. The van der Waals surface area contributed by atoms with Gasteiger partial charge in [0.05, 0.1) is 60.6 Å². The van der Waals surface area contributed by atoms with Crippen molar-refractivity contribution in [3.63, 3.8) is 0 Å². The maximum Gasteiger partial charge on any atom is 0.326 e. The van der Waals surface area contributed by atoms with Crippen LogP contribution in [0, 0.1) is 5.92 Å². The van der Waals surface area contributed by atoms with E-state index in [9.17, 15) is 112 Å². The van der Waals surface area contributed by atoms with E-state index in [0.717, 1.165) is 53.0 Å². The van der Waals surface area contributed by atoms with Gasteiger partial charge in [-0.3, -0.25) is 62.3 Å². The van der Waals surface area contributed by atoms with E-state index in [1.807, 2.05) is 48.5 Å². The standard InChI is InChI=1S/C29H25N3O6.C28H24N4O5.2C28H23N3O6/c30-19-8-7-18-13-26(34)32(28(36)22(18)14-19)20-9-5-16(6-10-20)11-25(29(37)38)31-27(35)23-12-17-3-1-2-4-21(17)24(23)15-33;29-18-8-7-17-13-24(33)32(27(35)21(17)14-18)19-9-5-15(6-10-19)11-23(28(36)37)31-26(34)22-12-16-3-1-2-4-20(16)25(22)30;2*29-18-8-7-17-13-24(32)31(27(35)21(17)14-18)19-9-5-15(6-10-19)11-23(28(36)37)30-26(34)22-12-16-3-1-2-4-20(16)25(22)33/h1-10,14,25,33H,11-13,15,30H2,(H,31,35)(H,37,38);1-10,14,23H,11-13,29-30H2,(H,31,34)(H,36,37);1-10,14,23,33H,11-13,29H2,(H,30,34)(H,36,37);1-10,14,22-23H,11-13,29H2,(H,30,34)(H,36,37). The SMILES string of the molecule is NC1=C(C(=O)NC(Cc2ccc(N3C(=O)Cc4ccc(N)cc4C3=O)cc2)C(=O)O)Cc2ccccc21.Nc1ccc2c(c1)C(=O)N(c1ccc(CC(NC(=O)C3=C(CO)c4ccccc4C3)C(=O)O)cc1)C(=O)C2.Nc1ccc2c(c1)C(=O)N(c1ccc(CC(NC(=O)C3=C(O)c4ccccc4C3)C(=O)O)cc1)C(=O)C2.Nc1ccc2c(c1)C(=O)N(c1ccc(CC(NC(=O)C3Cc4ccccc4C3=O)C(=O)O)cc1)C(=O)C2. The lowest BCUT2D eigenvalue weighted by atomic mass is 9.97. The van der Waals surface area contributed by atoms with Crippen molar-refractivity contribution in [1.29, 1.82) is 0 Å². The van der Waals surface area contributed by atoms with E-state index < -0.39 is 101 Å². The number of nitrogens with zero attached hydrogens (tertiary/aromatic N) is 4. The number of fused-ring (bicyclic) bond motifs is 8. The monoisotopic (exact) mass is 2000 g/mol. The van der Waals surface area contributed by atoms with Crippen molar-refractivity contribution < 1.29 is 112 Å². The number of imide groups is 4. The van der Waals surface area contributed by atoms with Gasteiger partial charge in [-0.25, -0.2) is 38.8 Å². The second-order valence-corrected chi connectivity index (χ2v) is 36.6. The molecule has 5 atom stereocenters. The number of benzene rings is 12. The molecule has 0 saturated heterocycles. The van der Waals surface area contributed by atoms with E-state index in [4.69, 9.17) is 28.7 Å². The van der Waals surface area contributed by atoms with E-state index in [1.165, 1.54) is 0 Å². The van der Waals surface area contributed by atoms with Crippen molar-refractivity contribution in [2.75, 3.05) is 49.1 Å². The number of rotatable bonds is 25. The number of hydrogen-bond acceptors (Lipinski definition) is 24. The molecule has 4 heterocycles. The molecule has 0 radical (unpaired) electrons. The van der Waals surface area contributed by atoms with Gasteiger partial charge in [0.1, 0.15) is 35.8 Å². The first-order valence-corrected chi connectivity index (χ1v) is 47.1. The van der Waals surface area contributed by atoms with Gasteiger partial charge in [0, 0.05) is 123 Å². The topological polar surface area (TPSA) is 603 Å². The number of hydrogen-bond donors (Lipinski definition) is 15. The van der Waals surface area contributed by atoms with Crippen molar-refractivity contribution in [3.8, 4) is 0 Å². The largest absolute Gasteiger partial charge is 0.507 e. The third kappa shape index (κ3) is 21.4. The Morgan fingerprint density at radius 1 is 0.295 bits per heavy atom. The highest BCUT2D eigenvalue weighted by Gasteiger charge is 2.42. The summed E-state index contributed by atoms with van der Waals surface area (Å²) in [5, 5.41) is 69.3. The van der Waals surface area contributed by atoms with Gasteiger partial charge in [0.15, 0.2) is 5.78 Å². The Morgan fingerprint density at radius 3 is 0.886 bits per heavy atom. The molecule has 0 fully saturated rings. The highest BCUT2D eigenvalue weighted by Crippen LogP contribution is 2.39. The predicted molar refractivity (Wildman–Crippen MR) is 547 cm³/mol. The molecular weight excluding hydrogens is 1910 g/mol. The fourth-order valence-electron chi connectivity index (χ4n) is 19.2. The molecule has 149 heavy (non-hydrogen) atoms. The predicted octanol–water partition coefficient (Wildman–Crippen LogP) is 8.95. The molecule has 36 heteroatoms. The van der Waals surface area contributed by atoms with Gasteiger partial charge in [0.2, 0.25) is 41.4 Å². The second-order valence-electron chi connectivity index (χ2n) is 36.6. The maximum absolute atomic E-state index is 13.0. The number of aliphatic hydroxyl groups is 2. The number of nitrogens with two attached hydrogens (primary N) is 5.